The molecule has 0 bridgehead atoms. The second kappa shape index (κ2) is 8.44. The zero-order chi connectivity index (χ0) is 19.4. The van der Waals surface area contributed by atoms with Crippen molar-refractivity contribution in [2.45, 2.75) is 19.8 Å². The quantitative estimate of drug-likeness (QED) is 0.858. The molecule has 0 radical (unpaired) electrons. The van der Waals surface area contributed by atoms with Gasteiger partial charge in [-0.15, -0.1) is 0 Å². The summed E-state index contributed by atoms with van der Waals surface area (Å²) in [6, 6.07) is 12.5. The van der Waals surface area contributed by atoms with E-state index in [-0.39, 0.29) is 17.7 Å². The molecule has 2 amide bonds. The Balaban J connectivity index is 1.68. The number of halogens is 1. The summed E-state index contributed by atoms with van der Waals surface area (Å²) in [5.74, 6) is 0.212. The number of benzene rings is 2. The number of carbonyl (C=O) groups excluding carboxylic acids is 2. The molecule has 142 valence electrons. The maximum atomic E-state index is 12.8. The minimum atomic E-state index is -0.250. The molecule has 0 unspecified atom stereocenters. The lowest BCUT2D eigenvalue weighted by Crippen LogP contribution is -2.43. The third-order valence-corrected chi connectivity index (χ3v) is 5.04. The van der Waals surface area contributed by atoms with E-state index in [4.69, 9.17) is 16.3 Å². The number of nitrogens with zero attached hydrogens (tertiary/aromatic N) is 1. The van der Waals surface area contributed by atoms with Crippen LogP contribution in [0.1, 0.15) is 28.8 Å². The summed E-state index contributed by atoms with van der Waals surface area (Å²) in [6.07, 6.45) is 1.55. The van der Waals surface area contributed by atoms with Crippen LogP contribution in [0.25, 0.3) is 0 Å². The van der Waals surface area contributed by atoms with E-state index in [0.29, 0.717) is 35.1 Å². The number of hydrogen-bond acceptors (Lipinski definition) is 3. The second-order valence-corrected chi connectivity index (χ2v) is 7.23. The van der Waals surface area contributed by atoms with Crippen molar-refractivity contribution >= 4 is 29.1 Å². The van der Waals surface area contributed by atoms with Crippen molar-refractivity contribution in [1.82, 2.24) is 4.90 Å². The number of rotatable bonds is 4. The molecule has 0 spiro atoms. The van der Waals surface area contributed by atoms with Gasteiger partial charge in [0.05, 0.1) is 18.7 Å². The van der Waals surface area contributed by atoms with Gasteiger partial charge in [-0.1, -0.05) is 17.7 Å². The average molecular weight is 387 g/mol. The number of hydrogen-bond donors (Lipinski definition) is 1. The van der Waals surface area contributed by atoms with Gasteiger partial charge < -0.3 is 15.0 Å². The number of aryl methyl sites for hydroxylation is 1. The summed E-state index contributed by atoms with van der Waals surface area (Å²) < 4.78 is 5.33. The molecule has 1 saturated heterocycles. The van der Waals surface area contributed by atoms with Gasteiger partial charge >= 0.3 is 0 Å². The van der Waals surface area contributed by atoms with Crippen molar-refractivity contribution in [3.63, 3.8) is 0 Å². The van der Waals surface area contributed by atoms with Crippen LogP contribution in [0.2, 0.25) is 5.02 Å². The molecule has 1 N–H and O–H groups in total. The second-order valence-electron chi connectivity index (χ2n) is 6.79. The molecule has 27 heavy (non-hydrogen) atoms. The number of carbonyl (C=O) groups is 2. The van der Waals surface area contributed by atoms with Crippen LogP contribution in [0.5, 0.6) is 5.75 Å². The highest BCUT2D eigenvalue weighted by molar-refractivity contribution is 6.30. The molecule has 3 rings (SSSR count). The van der Waals surface area contributed by atoms with Crippen LogP contribution in [0.15, 0.2) is 42.5 Å². The molecular formula is C21H23ClN2O3. The third kappa shape index (κ3) is 4.61. The number of likely N-dealkylation sites (tertiary alicyclic amines) is 1. The van der Waals surface area contributed by atoms with Gasteiger partial charge in [0.15, 0.2) is 0 Å². The van der Waals surface area contributed by atoms with Gasteiger partial charge in [-0.05, 0) is 61.7 Å². The van der Waals surface area contributed by atoms with Crippen LogP contribution >= 0.6 is 11.6 Å². The molecule has 1 fully saturated rings. The molecule has 1 aliphatic heterocycles. The van der Waals surface area contributed by atoms with Crippen molar-refractivity contribution in [3.8, 4) is 5.75 Å². The van der Waals surface area contributed by atoms with Crippen LogP contribution in [-0.2, 0) is 4.79 Å². The number of methoxy groups -OCH3 is 1. The van der Waals surface area contributed by atoms with Gasteiger partial charge in [-0.3, -0.25) is 9.59 Å². The smallest absolute Gasteiger partial charge is 0.253 e. The number of anilines is 1. The Morgan fingerprint density at radius 1 is 1.19 bits per heavy atom. The lowest BCUT2D eigenvalue weighted by atomic mass is 9.96. The molecule has 0 aliphatic carbocycles. The lowest BCUT2D eigenvalue weighted by Gasteiger charge is -2.32. The van der Waals surface area contributed by atoms with E-state index in [2.05, 4.69) is 5.32 Å². The summed E-state index contributed by atoms with van der Waals surface area (Å²) in [7, 11) is 1.58. The fraction of sp³-hybridized carbons (Fsp3) is 0.333. The fourth-order valence-electron chi connectivity index (χ4n) is 3.30. The summed E-state index contributed by atoms with van der Waals surface area (Å²) in [5, 5.41) is 3.55. The molecule has 1 atom stereocenters. The van der Waals surface area contributed by atoms with Crippen molar-refractivity contribution in [1.29, 1.82) is 0 Å². The number of piperidine rings is 1. The van der Waals surface area contributed by atoms with Crippen LogP contribution < -0.4 is 10.1 Å². The van der Waals surface area contributed by atoms with E-state index >= 15 is 0 Å². The minimum absolute atomic E-state index is 0.0719. The largest absolute Gasteiger partial charge is 0.495 e. The van der Waals surface area contributed by atoms with E-state index in [1.165, 1.54) is 0 Å². The Labute approximate surface area is 164 Å². The summed E-state index contributed by atoms with van der Waals surface area (Å²) >= 11 is 5.89. The molecule has 1 aliphatic rings. The van der Waals surface area contributed by atoms with E-state index < -0.39 is 0 Å². The molecule has 2 aromatic carbocycles. The first-order chi connectivity index (χ1) is 13.0. The van der Waals surface area contributed by atoms with Crippen LogP contribution in [-0.4, -0.2) is 36.9 Å². The summed E-state index contributed by atoms with van der Waals surface area (Å²) in [6.45, 7) is 3.02. The van der Waals surface area contributed by atoms with E-state index in [1.807, 2.05) is 25.1 Å². The van der Waals surface area contributed by atoms with Gasteiger partial charge in [0.25, 0.3) is 5.91 Å². The highest BCUT2D eigenvalue weighted by Crippen LogP contribution is 2.27. The SMILES string of the molecule is COc1ccc(C)cc1NC(=O)[C@H]1CCCN(C(=O)c2ccc(Cl)cc2)C1. The Bertz CT molecular complexity index is 836. The normalized spacial score (nSPS) is 16.7. The number of amides is 2. The fourth-order valence-corrected chi connectivity index (χ4v) is 3.43. The first-order valence-electron chi connectivity index (χ1n) is 8.98. The first kappa shape index (κ1) is 19.2. The molecule has 5 nitrogen and oxygen atoms in total. The molecule has 0 aromatic heterocycles. The zero-order valence-corrected chi connectivity index (χ0v) is 16.3. The summed E-state index contributed by atoms with van der Waals surface area (Å²) in [5.41, 5.74) is 2.28. The van der Waals surface area contributed by atoms with E-state index in [9.17, 15) is 9.59 Å². The van der Waals surface area contributed by atoms with Crippen molar-refractivity contribution in [2.75, 3.05) is 25.5 Å². The number of ether oxygens (including phenoxy) is 1. The maximum absolute atomic E-state index is 12.8. The third-order valence-electron chi connectivity index (χ3n) is 4.78. The standard InChI is InChI=1S/C21H23ClN2O3/c1-14-5-10-19(27-2)18(12-14)23-20(25)16-4-3-11-24(13-16)21(26)15-6-8-17(22)9-7-15/h5-10,12,16H,3-4,11,13H2,1-2H3,(H,23,25)/t16-/m0/s1. The minimum Gasteiger partial charge on any atom is -0.495 e. The zero-order valence-electron chi connectivity index (χ0n) is 15.5. The van der Waals surface area contributed by atoms with Gasteiger partial charge in [-0.2, -0.15) is 0 Å². The topological polar surface area (TPSA) is 58.6 Å². The Morgan fingerprint density at radius 2 is 1.93 bits per heavy atom. The maximum Gasteiger partial charge on any atom is 0.253 e. The first-order valence-corrected chi connectivity index (χ1v) is 9.36. The van der Waals surface area contributed by atoms with Crippen molar-refractivity contribution in [2.24, 2.45) is 5.92 Å². The van der Waals surface area contributed by atoms with Gasteiger partial charge in [0, 0.05) is 23.7 Å². The Kier molecular flexibility index (Phi) is 6.01. The van der Waals surface area contributed by atoms with Crippen molar-refractivity contribution < 1.29 is 14.3 Å². The van der Waals surface area contributed by atoms with E-state index in [1.54, 1.807) is 36.3 Å². The lowest BCUT2D eigenvalue weighted by molar-refractivity contribution is -0.121. The van der Waals surface area contributed by atoms with Crippen molar-refractivity contribution in [3.05, 3.63) is 58.6 Å². The molecular weight excluding hydrogens is 364 g/mol. The summed E-state index contributed by atoms with van der Waals surface area (Å²) in [4.78, 5) is 27.2. The molecule has 0 saturated carbocycles. The van der Waals surface area contributed by atoms with Crippen LogP contribution in [0, 0.1) is 12.8 Å². The van der Waals surface area contributed by atoms with Gasteiger partial charge in [0.1, 0.15) is 5.75 Å². The molecule has 6 heteroatoms. The predicted molar refractivity (Wildman–Crippen MR) is 106 cm³/mol. The molecule has 2 aromatic rings. The van der Waals surface area contributed by atoms with Crippen LogP contribution in [0.3, 0.4) is 0 Å². The van der Waals surface area contributed by atoms with E-state index in [0.717, 1.165) is 18.4 Å². The van der Waals surface area contributed by atoms with Gasteiger partial charge in [-0.25, -0.2) is 0 Å². The number of nitrogens with one attached hydrogen (secondary N) is 1. The highest BCUT2D eigenvalue weighted by Gasteiger charge is 2.29. The highest BCUT2D eigenvalue weighted by atomic mass is 35.5. The van der Waals surface area contributed by atoms with Crippen LogP contribution in [0.4, 0.5) is 5.69 Å². The Morgan fingerprint density at radius 3 is 2.63 bits per heavy atom. The monoisotopic (exact) mass is 386 g/mol. The predicted octanol–water partition coefficient (Wildman–Crippen LogP) is 4.15. The molecule has 1 heterocycles. The average Bonchev–Trinajstić information content (AvgIpc) is 2.68. The van der Waals surface area contributed by atoms with Gasteiger partial charge in [0.2, 0.25) is 5.91 Å². The Hall–Kier alpha value is -2.53.